The highest BCUT2D eigenvalue weighted by molar-refractivity contribution is 5.85. The van der Waals surface area contributed by atoms with Crippen molar-refractivity contribution in [2.75, 3.05) is 27.2 Å². The topological polar surface area (TPSA) is 79.9 Å². The number of unbranched alkanes of at least 4 members (excludes halogenated alkanes) is 2. The summed E-state index contributed by atoms with van der Waals surface area (Å²) in [6.07, 6.45) is 10.5. The number of nitrogens with zero attached hydrogens (tertiary/aromatic N) is 1. The Labute approximate surface area is 211 Å². The second-order valence-corrected chi connectivity index (χ2v) is 8.95. The normalized spacial score (nSPS) is 15.8. The lowest BCUT2D eigenvalue weighted by Gasteiger charge is -2.34. The van der Waals surface area contributed by atoms with Crippen molar-refractivity contribution in [1.82, 2.24) is 15.5 Å². The highest BCUT2D eigenvalue weighted by Gasteiger charge is 2.28. The third-order valence-electron chi connectivity index (χ3n) is 5.76. The van der Waals surface area contributed by atoms with Crippen LogP contribution in [-0.4, -0.2) is 50.2 Å². The zero-order valence-corrected chi connectivity index (χ0v) is 21.9. The van der Waals surface area contributed by atoms with Crippen LogP contribution in [0.4, 0.5) is 4.79 Å². The molecule has 1 saturated heterocycles. The van der Waals surface area contributed by atoms with Gasteiger partial charge in [-0.25, -0.2) is 4.79 Å². The van der Waals surface area contributed by atoms with Gasteiger partial charge in [0.15, 0.2) is 11.5 Å². The molecule has 0 aliphatic carbocycles. The van der Waals surface area contributed by atoms with E-state index in [1.165, 1.54) is 0 Å². The Morgan fingerprint density at radius 3 is 2.71 bits per heavy atom. The number of benzene rings is 1. The minimum absolute atomic E-state index is 0. The zero-order valence-electron chi connectivity index (χ0n) is 21.1. The lowest BCUT2D eigenvalue weighted by Crippen LogP contribution is -2.49. The highest BCUT2D eigenvalue weighted by Crippen LogP contribution is 2.29. The summed E-state index contributed by atoms with van der Waals surface area (Å²) in [5.74, 6) is 1.48. The molecule has 0 saturated carbocycles. The van der Waals surface area contributed by atoms with Crippen molar-refractivity contribution >= 4 is 24.4 Å². The maximum absolute atomic E-state index is 12.8. The third-order valence-corrected chi connectivity index (χ3v) is 5.76. The maximum atomic E-state index is 12.8. The Morgan fingerprint density at radius 2 is 2.00 bits per heavy atom. The number of methoxy groups -OCH3 is 1. The number of nitrogens with one attached hydrogen (secondary N) is 2. The Bertz CT molecular complexity index is 783. The van der Waals surface area contributed by atoms with Crippen molar-refractivity contribution in [2.45, 2.75) is 71.4 Å². The molecule has 8 heteroatoms. The number of carbonyl (C=O) groups is 2. The van der Waals surface area contributed by atoms with Crippen LogP contribution >= 0.6 is 12.4 Å². The van der Waals surface area contributed by atoms with Crippen LogP contribution in [-0.2, 0) is 11.3 Å². The van der Waals surface area contributed by atoms with Gasteiger partial charge in [0.05, 0.1) is 7.11 Å². The van der Waals surface area contributed by atoms with Crippen LogP contribution in [0.2, 0.25) is 0 Å². The van der Waals surface area contributed by atoms with E-state index in [1.54, 1.807) is 24.1 Å². The number of likely N-dealkylation sites (N-methyl/N-ethyl adjacent to an activating group) is 1. The maximum Gasteiger partial charge on any atom is 0.415 e. The molecule has 0 aromatic heterocycles. The molecule has 7 nitrogen and oxygen atoms in total. The van der Waals surface area contributed by atoms with Crippen LogP contribution in [0, 0.1) is 5.92 Å². The van der Waals surface area contributed by atoms with Crippen molar-refractivity contribution in [2.24, 2.45) is 5.92 Å². The molecule has 2 amide bonds. The van der Waals surface area contributed by atoms with Gasteiger partial charge in [-0.1, -0.05) is 32.1 Å². The van der Waals surface area contributed by atoms with Crippen LogP contribution < -0.4 is 20.1 Å². The summed E-state index contributed by atoms with van der Waals surface area (Å²) in [5.41, 5.74) is 0.894. The molecule has 1 heterocycles. The molecule has 1 aromatic rings. The fraction of sp³-hybridized carbons (Fsp3) is 0.615. The van der Waals surface area contributed by atoms with E-state index < -0.39 is 0 Å². The molecule has 0 radical (unpaired) electrons. The van der Waals surface area contributed by atoms with E-state index >= 15 is 0 Å². The number of hydrogen-bond donors (Lipinski definition) is 2. The van der Waals surface area contributed by atoms with E-state index in [9.17, 15) is 9.59 Å². The van der Waals surface area contributed by atoms with Gasteiger partial charge >= 0.3 is 6.09 Å². The van der Waals surface area contributed by atoms with Crippen LogP contribution in [0.1, 0.15) is 64.4 Å². The summed E-state index contributed by atoms with van der Waals surface area (Å²) in [5, 5.41) is 6.11. The van der Waals surface area contributed by atoms with Gasteiger partial charge in [-0.15, -0.1) is 12.4 Å². The number of rotatable bonds is 12. The van der Waals surface area contributed by atoms with Gasteiger partial charge in [-0.3, -0.25) is 4.79 Å². The number of piperidine rings is 1. The molecular weight excluding hydrogens is 454 g/mol. The molecule has 1 aromatic carbocycles. The molecule has 1 aliphatic rings. The molecule has 2 rings (SSSR count). The molecule has 1 unspecified atom stereocenters. The molecule has 34 heavy (non-hydrogen) atoms. The van der Waals surface area contributed by atoms with Crippen molar-refractivity contribution in [3.8, 4) is 11.5 Å². The van der Waals surface area contributed by atoms with Crippen molar-refractivity contribution in [1.29, 1.82) is 0 Å². The van der Waals surface area contributed by atoms with Gasteiger partial charge in [-0.05, 0) is 69.2 Å². The average Bonchev–Trinajstić information content (AvgIpc) is 2.81. The first-order valence-corrected chi connectivity index (χ1v) is 12.2. The molecule has 192 valence electrons. The number of ether oxygens (including phenoxy) is 2. The second kappa shape index (κ2) is 16.4. The Morgan fingerprint density at radius 1 is 1.21 bits per heavy atom. The van der Waals surface area contributed by atoms with E-state index in [0.29, 0.717) is 36.9 Å². The van der Waals surface area contributed by atoms with Crippen molar-refractivity contribution in [3.63, 3.8) is 0 Å². The van der Waals surface area contributed by atoms with E-state index in [2.05, 4.69) is 36.6 Å². The molecule has 1 aliphatic heterocycles. The third kappa shape index (κ3) is 10.3. The molecule has 1 atom stereocenters. The molecule has 0 spiro atoms. The predicted molar refractivity (Wildman–Crippen MR) is 139 cm³/mol. The lowest BCUT2D eigenvalue weighted by molar-refractivity contribution is -0.121. The van der Waals surface area contributed by atoms with E-state index in [1.807, 2.05) is 13.1 Å². The van der Waals surface area contributed by atoms with Gasteiger partial charge in [0.2, 0.25) is 5.91 Å². The second-order valence-electron chi connectivity index (χ2n) is 8.95. The Hall–Kier alpha value is -2.25. The Kier molecular flexibility index (Phi) is 14.4. The first-order valence-electron chi connectivity index (χ1n) is 12.2. The van der Waals surface area contributed by atoms with E-state index in [0.717, 1.165) is 50.6 Å². The van der Waals surface area contributed by atoms with E-state index in [4.69, 9.17) is 9.47 Å². The van der Waals surface area contributed by atoms with Crippen molar-refractivity contribution < 1.29 is 19.1 Å². The summed E-state index contributed by atoms with van der Waals surface area (Å²) in [7, 11) is 3.44. The summed E-state index contributed by atoms with van der Waals surface area (Å²) in [6, 6.07) is 5.53. The fourth-order valence-electron chi connectivity index (χ4n) is 3.95. The quantitative estimate of drug-likeness (QED) is 0.312. The van der Waals surface area contributed by atoms with Gasteiger partial charge in [0.1, 0.15) is 0 Å². The SMILES string of the molecule is CNCC1CCCCN1C(=O)Oc1ccc(CNC(=O)CCCCC=CC(C)C)cc1OC.Cl. The number of amides is 2. The first-order chi connectivity index (χ1) is 15.9. The molecule has 1 fully saturated rings. The smallest absolute Gasteiger partial charge is 0.415 e. The summed E-state index contributed by atoms with van der Waals surface area (Å²) in [4.78, 5) is 26.7. The molecular formula is C26H42ClN3O4. The summed E-state index contributed by atoms with van der Waals surface area (Å²) >= 11 is 0. The number of likely N-dealkylation sites (tertiary alicyclic amines) is 1. The summed E-state index contributed by atoms with van der Waals surface area (Å²) in [6.45, 7) is 6.17. The highest BCUT2D eigenvalue weighted by atomic mass is 35.5. The van der Waals surface area contributed by atoms with Crippen LogP contribution in [0.5, 0.6) is 11.5 Å². The minimum atomic E-state index is -0.349. The first kappa shape index (κ1) is 29.8. The number of hydrogen-bond acceptors (Lipinski definition) is 5. The number of halogens is 1. The Balaban J connectivity index is 0.00000578. The fourth-order valence-corrected chi connectivity index (χ4v) is 3.95. The van der Waals surface area contributed by atoms with Crippen molar-refractivity contribution in [3.05, 3.63) is 35.9 Å². The number of carbonyl (C=O) groups excluding carboxylic acids is 2. The standard InChI is InChI=1S/C26H41N3O4.ClH/c1-20(2)11-7-5-6-8-13-25(30)28-18-21-14-15-23(24(17-21)32-4)33-26(31)29-16-10-9-12-22(29)19-27-3;/h7,11,14-15,17,20,22,27H,5-6,8-10,12-13,16,18-19H2,1-4H3,(H,28,30);1H. The van der Waals surface area contributed by atoms with Gasteiger partial charge < -0.3 is 25.0 Å². The lowest BCUT2D eigenvalue weighted by atomic mass is 10.0. The van der Waals surface area contributed by atoms with Crippen LogP contribution in [0.3, 0.4) is 0 Å². The average molecular weight is 496 g/mol. The minimum Gasteiger partial charge on any atom is -0.493 e. The van der Waals surface area contributed by atoms with Crippen LogP contribution in [0.25, 0.3) is 0 Å². The van der Waals surface area contributed by atoms with Gasteiger partial charge in [0, 0.05) is 32.1 Å². The van der Waals surface area contributed by atoms with E-state index in [-0.39, 0.29) is 30.4 Å². The molecule has 2 N–H and O–H groups in total. The predicted octanol–water partition coefficient (Wildman–Crippen LogP) is 5.08. The number of allylic oxidation sites excluding steroid dienone is 2. The van der Waals surface area contributed by atoms with Gasteiger partial charge in [-0.2, -0.15) is 0 Å². The molecule has 0 bridgehead atoms. The van der Waals surface area contributed by atoms with Gasteiger partial charge in [0.25, 0.3) is 0 Å². The monoisotopic (exact) mass is 495 g/mol. The summed E-state index contributed by atoms with van der Waals surface area (Å²) < 4.78 is 11.1. The largest absolute Gasteiger partial charge is 0.493 e. The van der Waals surface area contributed by atoms with Crippen LogP contribution in [0.15, 0.2) is 30.4 Å². The zero-order chi connectivity index (χ0) is 24.1.